The summed E-state index contributed by atoms with van der Waals surface area (Å²) in [6.07, 6.45) is 1.72. The third-order valence-corrected chi connectivity index (χ3v) is 8.88. The van der Waals surface area contributed by atoms with Crippen molar-refractivity contribution in [3.63, 3.8) is 0 Å². The number of fused-ring (bicyclic) bond motifs is 3. The Bertz CT molecular complexity index is 2150. The molecule has 0 aliphatic carbocycles. The fourth-order valence-electron chi connectivity index (χ4n) is 6.40. The van der Waals surface area contributed by atoms with Crippen molar-refractivity contribution >= 4 is 27.7 Å². The molecule has 3 heterocycles. The SMILES string of the molecule is Cc1cc(Oc2[c-]c3c(cc2)c2cc(C)ccc2n3-c2cc(C(C)(C)C)ccn2)[c-]c(C2=N[C@H](C(C)(C)C)[C@H](c3ccccc3)O2)c1.[Pt+2]. The normalized spacial score (nSPS) is 16.5. The van der Waals surface area contributed by atoms with Gasteiger partial charge in [-0.1, -0.05) is 120 Å². The van der Waals surface area contributed by atoms with Crippen LogP contribution in [0.5, 0.6) is 11.5 Å². The summed E-state index contributed by atoms with van der Waals surface area (Å²) in [4.78, 5) is 9.93. The first-order valence-electron chi connectivity index (χ1n) is 16.3. The summed E-state index contributed by atoms with van der Waals surface area (Å²) in [6, 6.07) is 36.3. The van der Waals surface area contributed by atoms with Gasteiger partial charge in [-0.2, -0.15) is 6.07 Å². The maximum absolute atomic E-state index is 6.58. The van der Waals surface area contributed by atoms with Gasteiger partial charge in [-0.25, -0.2) is 4.98 Å². The number of benzene rings is 4. The number of pyridine rings is 1. The number of aromatic nitrogens is 2. The van der Waals surface area contributed by atoms with E-state index in [2.05, 4.69) is 127 Å². The molecule has 0 saturated carbocycles. The van der Waals surface area contributed by atoms with Crippen LogP contribution in [0.4, 0.5) is 0 Å². The van der Waals surface area contributed by atoms with Crippen molar-refractivity contribution in [1.29, 1.82) is 0 Å². The Morgan fingerprint density at radius 2 is 1.54 bits per heavy atom. The van der Waals surface area contributed by atoms with Crippen LogP contribution in [0.1, 0.15) is 75.5 Å². The molecule has 0 saturated heterocycles. The zero-order valence-electron chi connectivity index (χ0n) is 28.8. The van der Waals surface area contributed by atoms with Crippen LogP contribution < -0.4 is 4.74 Å². The minimum atomic E-state index is -0.170. The van der Waals surface area contributed by atoms with E-state index in [0.717, 1.165) is 44.3 Å². The Labute approximate surface area is 298 Å². The molecule has 2 aromatic heterocycles. The molecule has 2 atom stereocenters. The molecule has 48 heavy (non-hydrogen) atoms. The monoisotopic (exact) mass is 814 g/mol. The summed E-state index contributed by atoms with van der Waals surface area (Å²) in [5.41, 5.74) is 7.25. The first-order chi connectivity index (χ1) is 22.3. The molecule has 7 rings (SSSR count). The van der Waals surface area contributed by atoms with E-state index >= 15 is 0 Å². The maximum Gasteiger partial charge on any atom is 2.00 e. The molecule has 0 fully saturated rings. The second-order valence-corrected chi connectivity index (χ2v) is 14.8. The van der Waals surface area contributed by atoms with Crippen LogP contribution >= 0.6 is 0 Å². The summed E-state index contributed by atoms with van der Waals surface area (Å²) < 4.78 is 15.3. The van der Waals surface area contributed by atoms with E-state index in [9.17, 15) is 0 Å². The predicted octanol–water partition coefficient (Wildman–Crippen LogP) is 10.4. The van der Waals surface area contributed by atoms with Crippen molar-refractivity contribution in [2.75, 3.05) is 0 Å². The molecule has 5 nitrogen and oxygen atoms in total. The van der Waals surface area contributed by atoms with Gasteiger partial charge in [0.15, 0.2) is 0 Å². The summed E-state index contributed by atoms with van der Waals surface area (Å²) in [5.74, 6) is 2.63. The molecule has 246 valence electrons. The standard InChI is InChI=1S/C42H41N3O2.Pt/c1-26-14-17-35-34(22-26)33-16-15-31(25-36(33)45(35)37-24-30(18-19-43-37)41(3,4)5)46-32-21-27(2)20-29(23-32)40-44-39(42(6,7)8)38(47-40)28-12-10-9-11-13-28;/h9-22,24,38-39H,1-8H3;/q-2;+2/t38-,39-;/m0./s1. The first kappa shape index (κ1) is 33.7. The fraction of sp³-hybridized carbons (Fsp3) is 0.286. The molecule has 0 spiro atoms. The first-order valence-corrected chi connectivity index (χ1v) is 16.3. The van der Waals surface area contributed by atoms with Crippen molar-refractivity contribution in [3.8, 4) is 17.3 Å². The van der Waals surface area contributed by atoms with Gasteiger partial charge >= 0.3 is 21.1 Å². The molecule has 0 N–H and O–H groups in total. The van der Waals surface area contributed by atoms with Gasteiger partial charge < -0.3 is 14.0 Å². The van der Waals surface area contributed by atoms with Crippen molar-refractivity contribution < 1.29 is 30.5 Å². The Morgan fingerprint density at radius 1 is 0.771 bits per heavy atom. The van der Waals surface area contributed by atoms with Gasteiger partial charge in [0.05, 0.1) is 6.04 Å². The minimum Gasteiger partial charge on any atom is -0.510 e. The van der Waals surface area contributed by atoms with Gasteiger partial charge in [0, 0.05) is 23.2 Å². The second kappa shape index (κ2) is 12.7. The second-order valence-electron chi connectivity index (χ2n) is 14.8. The number of ether oxygens (including phenoxy) is 2. The maximum atomic E-state index is 6.58. The third kappa shape index (κ3) is 6.45. The van der Waals surface area contributed by atoms with Crippen LogP contribution in [0.15, 0.2) is 96.1 Å². The molecule has 0 amide bonds. The quantitative estimate of drug-likeness (QED) is 0.163. The molecule has 6 heteroatoms. The topological polar surface area (TPSA) is 48.6 Å². The van der Waals surface area contributed by atoms with Crippen LogP contribution in [-0.4, -0.2) is 21.5 Å². The molecular formula is C42H41N3O2Pt. The zero-order chi connectivity index (χ0) is 33.1. The van der Waals surface area contributed by atoms with E-state index in [4.69, 9.17) is 19.5 Å². The van der Waals surface area contributed by atoms with Crippen LogP contribution in [0.3, 0.4) is 0 Å². The third-order valence-electron chi connectivity index (χ3n) is 8.88. The number of rotatable bonds is 5. The fourth-order valence-corrected chi connectivity index (χ4v) is 6.40. The Balaban J connectivity index is 0.00000401. The van der Waals surface area contributed by atoms with E-state index in [-0.39, 0.29) is 44.0 Å². The van der Waals surface area contributed by atoms with E-state index in [0.29, 0.717) is 17.4 Å². The summed E-state index contributed by atoms with van der Waals surface area (Å²) in [7, 11) is 0. The summed E-state index contributed by atoms with van der Waals surface area (Å²) in [6.45, 7) is 17.5. The molecule has 0 bridgehead atoms. The average Bonchev–Trinajstić information content (AvgIpc) is 3.61. The number of hydrogen-bond donors (Lipinski definition) is 0. The Morgan fingerprint density at radius 3 is 2.27 bits per heavy atom. The molecule has 4 aromatic carbocycles. The average molecular weight is 815 g/mol. The molecular weight excluding hydrogens is 774 g/mol. The van der Waals surface area contributed by atoms with Gasteiger partial charge in [0.25, 0.3) is 0 Å². The number of aliphatic imine (C=N–C) groups is 1. The molecule has 1 aliphatic rings. The largest absolute Gasteiger partial charge is 2.00 e. The van der Waals surface area contributed by atoms with Gasteiger partial charge in [0.2, 0.25) is 0 Å². The number of hydrogen-bond acceptors (Lipinski definition) is 4. The van der Waals surface area contributed by atoms with E-state index in [1.54, 1.807) is 0 Å². The summed E-state index contributed by atoms with van der Waals surface area (Å²) in [5, 5.41) is 2.26. The van der Waals surface area contributed by atoms with Crippen molar-refractivity contribution in [1.82, 2.24) is 9.55 Å². The number of aryl methyl sites for hydroxylation is 2. The molecule has 0 radical (unpaired) electrons. The molecule has 0 unspecified atom stereocenters. The van der Waals surface area contributed by atoms with Gasteiger partial charge in [-0.05, 0) is 52.5 Å². The van der Waals surface area contributed by atoms with Crippen molar-refractivity contribution in [2.24, 2.45) is 10.4 Å². The van der Waals surface area contributed by atoms with Crippen LogP contribution in [-0.2, 0) is 31.2 Å². The predicted molar refractivity (Wildman–Crippen MR) is 191 cm³/mol. The Kier molecular flexibility index (Phi) is 8.89. The van der Waals surface area contributed by atoms with Gasteiger partial charge in [-0.15, -0.1) is 29.1 Å². The van der Waals surface area contributed by atoms with E-state index < -0.39 is 0 Å². The van der Waals surface area contributed by atoms with Crippen LogP contribution in [0, 0.1) is 31.4 Å². The van der Waals surface area contributed by atoms with Crippen LogP contribution in [0.2, 0.25) is 0 Å². The van der Waals surface area contributed by atoms with E-state index in [1.165, 1.54) is 11.1 Å². The van der Waals surface area contributed by atoms with Crippen molar-refractivity contribution in [2.45, 2.75) is 73.0 Å². The smallest absolute Gasteiger partial charge is 0.510 e. The number of nitrogens with zero attached hydrogens (tertiary/aromatic N) is 3. The van der Waals surface area contributed by atoms with Gasteiger partial charge in [0.1, 0.15) is 17.8 Å². The van der Waals surface area contributed by atoms with Gasteiger partial charge in [-0.3, -0.25) is 4.99 Å². The summed E-state index contributed by atoms with van der Waals surface area (Å²) >= 11 is 0. The minimum absolute atomic E-state index is 0. The Hall–Kier alpha value is -4.21. The van der Waals surface area contributed by atoms with Crippen LogP contribution in [0.25, 0.3) is 27.6 Å². The molecule has 1 aliphatic heterocycles. The zero-order valence-corrected chi connectivity index (χ0v) is 31.1. The van der Waals surface area contributed by atoms with E-state index in [1.807, 2.05) is 36.5 Å². The molecule has 6 aromatic rings. The van der Waals surface area contributed by atoms with Crippen molar-refractivity contribution in [3.05, 3.63) is 131 Å².